The maximum atomic E-state index is 5.40. The van der Waals surface area contributed by atoms with E-state index in [0.29, 0.717) is 6.73 Å². The maximum Gasteiger partial charge on any atom is 0.128 e. The third-order valence-corrected chi connectivity index (χ3v) is 3.65. The van der Waals surface area contributed by atoms with Crippen LogP contribution in [0.3, 0.4) is 0 Å². The highest BCUT2D eigenvalue weighted by molar-refractivity contribution is 5.60. The minimum Gasteiger partial charge on any atom is -0.369 e. The quantitative estimate of drug-likeness (QED) is 0.408. The summed E-state index contributed by atoms with van der Waals surface area (Å²) in [4.78, 5) is 11.4. The van der Waals surface area contributed by atoms with Gasteiger partial charge < -0.3 is 20.2 Å². The summed E-state index contributed by atoms with van der Waals surface area (Å²) in [5.41, 5.74) is 1.17. The number of nitrogens with zero attached hydrogens (tertiary/aromatic N) is 2. The molecule has 1 heterocycles. The molecular formula is C15H31N5O2. The van der Waals surface area contributed by atoms with E-state index < -0.39 is 0 Å². The van der Waals surface area contributed by atoms with Gasteiger partial charge in [0.25, 0.3) is 0 Å². The van der Waals surface area contributed by atoms with Crippen LogP contribution >= 0.6 is 0 Å². The molecular weight excluding hydrogens is 282 g/mol. The van der Waals surface area contributed by atoms with Crippen LogP contribution in [0.1, 0.15) is 34.1 Å². The fraction of sp³-hybridized carbons (Fsp3) is 0.800. The monoisotopic (exact) mass is 313 g/mol. The average molecular weight is 313 g/mol. The smallest absolute Gasteiger partial charge is 0.128 e. The molecule has 0 radical (unpaired) electrons. The first-order valence-electron chi connectivity index (χ1n) is 7.85. The van der Waals surface area contributed by atoms with Crippen molar-refractivity contribution in [1.29, 1.82) is 0 Å². The van der Waals surface area contributed by atoms with Crippen molar-refractivity contribution < 1.29 is 9.57 Å². The summed E-state index contributed by atoms with van der Waals surface area (Å²) < 4.78 is 5.40. The Labute approximate surface area is 133 Å². The Bertz CT molecular complexity index is 386. The molecule has 1 rings (SSSR count). The van der Waals surface area contributed by atoms with Crippen molar-refractivity contribution in [2.75, 3.05) is 26.9 Å². The van der Waals surface area contributed by atoms with Crippen LogP contribution in [0.15, 0.2) is 16.4 Å². The van der Waals surface area contributed by atoms with Crippen molar-refractivity contribution in [2.24, 2.45) is 10.9 Å². The highest BCUT2D eigenvalue weighted by Crippen LogP contribution is 2.16. The minimum atomic E-state index is -0.00468. The van der Waals surface area contributed by atoms with Crippen molar-refractivity contribution in [3.63, 3.8) is 0 Å². The predicted octanol–water partition coefficient (Wildman–Crippen LogP) is 0.791. The van der Waals surface area contributed by atoms with Gasteiger partial charge >= 0.3 is 0 Å². The molecule has 1 aliphatic rings. The van der Waals surface area contributed by atoms with Crippen LogP contribution < -0.4 is 16.5 Å². The lowest BCUT2D eigenvalue weighted by molar-refractivity contribution is 0.0471. The lowest BCUT2D eigenvalue weighted by atomic mass is 10.0. The van der Waals surface area contributed by atoms with Crippen molar-refractivity contribution in [3.8, 4) is 0 Å². The fourth-order valence-corrected chi connectivity index (χ4v) is 2.41. The Morgan fingerprint density at radius 3 is 2.86 bits per heavy atom. The molecule has 4 N–H and O–H groups in total. The molecule has 2 unspecified atom stereocenters. The van der Waals surface area contributed by atoms with Gasteiger partial charge in [-0.05, 0) is 46.7 Å². The number of hydrogen-bond acceptors (Lipinski definition) is 7. The molecule has 0 amide bonds. The molecule has 0 aromatic carbocycles. The van der Waals surface area contributed by atoms with Crippen LogP contribution in [0.2, 0.25) is 0 Å². The van der Waals surface area contributed by atoms with E-state index in [1.165, 1.54) is 5.57 Å². The zero-order valence-electron chi connectivity index (χ0n) is 14.4. The topological polar surface area (TPSA) is 84.1 Å². The largest absolute Gasteiger partial charge is 0.369 e. The van der Waals surface area contributed by atoms with Gasteiger partial charge in [-0.15, -0.1) is 0 Å². The van der Waals surface area contributed by atoms with Crippen LogP contribution in [0.5, 0.6) is 0 Å². The number of aliphatic imine (C=N–C) groups is 1. The molecule has 7 nitrogen and oxygen atoms in total. The van der Waals surface area contributed by atoms with Crippen LogP contribution in [-0.2, 0) is 9.57 Å². The number of nitrogens with two attached hydrogens (primary N) is 1. The second-order valence-electron chi connectivity index (χ2n) is 5.90. The molecule has 3 atom stereocenters. The fourth-order valence-electron chi connectivity index (χ4n) is 2.41. The van der Waals surface area contributed by atoms with Crippen molar-refractivity contribution in [2.45, 2.75) is 52.3 Å². The number of ether oxygens (including phenoxy) is 1. The van der Waals surface area contributed by atoms with E-state index >= 15 is 0 Å². The van der Waals surface area contributed by atoms with Crippen LogP contribution in [-0.4, -0.2) is 56.4 Å². The SMILES string of the molecule is CCOCN(C)C[C@@H](C)NC1=C(C)C(CC(C)ON)NC=N1. The van der Waals surface area contributed by atoms with Crippen molar-refractivity contribution in [1.82, 2.24) is 15.5 Å². The summed E-state index contributed by atoms with van der Waals surface area (Å²) in [7, 11) is 2.05. The maximum absolute atomic E-state index is 5.40. The zero-order chi connectivity index (χ0) is 16.5. The summed E-state index contributed by atoms with van der Waals surface area (Å²) in [5.74, 6) is 6.16. The lowest BCUT2D eigenvalue weighted by Gasteiger charge is -2.28. The highest BCUT2D eigenvalue weighted by Gasteiger charge is 2.21. The Balaban J connectivity index is 2.54. The molecule has 128 valence electrons. The third-order valence-electron chi connectivity index (χ3n) is 3.65. The van der Waals surface area contributed by atoms with Crippen molar-refractivity contribution >= 4 is 6.34 Å². The van der Waals surface area contributed by atoms with Gasteiger partial charge in [-0.1, -0.05) is 0 Å². The average Bonchev–Trinajstić information content (AvgIpc) is 2.48. The van der Waals surface area contributed by atoms with E-state index in [2.05, 4.69) is 34.4 Å². The first-order chi connectivity index (χ1) is 10.5. The van der Waals surface area contributed by atoms with Crippen LogP contribution in [0, 0.1) is 0 Å². The molecule has 0 saturated carbocycles. The number of likely N-dealkylation sites (N-methyl/N-ethyl adjacent to an activating group) is 1. The normalized spacial score (nSPS) is 21.0. The second kappa shape index (κ2) is 9.78. The summed E-state index contributed by atoms with van der Waals surface area (Å²) in [6.07, 6.45) is 2.54. The van der Waals surface area contributed by atoms with Gasteiger partial charge in [0.15, 0.2) is 0 Å². The summed E-state index contributed by atoms with van der Waals surface area (Å²) in [6.45, 7) is 10.4. The molecule has 0 aromatic rings. The summed E-state index contributed by atoms with van der Waals surface area (Å²) in [6, 6.07) is 0.460. The summed E-state index contributed by atoms with van der Waals surface area (Å²) in [5, 5.41) is 6.72. The van der Waals surface area contributed by atoms with E-state index in [9.17, 15) is 0 Å². The Kier molecular flexibility index (Phi) is 8.40. The van der Waals surface area contributed by atoms with Gasteiger partial charge in [-0.25, -0.2) is 10.9 Å². The van der Waals surface area contributed by atoms with E-state index in [1.54, 1.807) is 6.34 Å². The molecule has 22 heavy (non-hydrogen) atoms. The molecule has 1 aliphatic heterocycles. The number of hydrogen-bond donors (Lipinski definition) is 3. The van der Waals surface area contributed by atoms with Crippen LogP contribution in [0.25, 0.3) is 0 Å². The van der Waals surface area contributed by atoms with Gasteiger partial charge in [0.1, 0.15) is 5.82 Å². The van der Waals surface area contributed by atoms with Gasteiger partial charge in [0.2, 0.25) is 0 Å². The summed E-state index contributed by atoms with van der Waals surface area (Å²) >= 11 is 0. The van der Waals surface area contributed by atoms with Crippen LogP contribution in [0.4, 0.5) is 0 Å². The number of rotatable bonds is 10. The standard InChI is InChI=1S/C15H31N5O2/c1-6-21-10-20(5)8-11(2)19-15-13(4)14(17-9-18-15)7-12(3)22-16/h9,11-12,14,19H,6-8,10,16H2,1-5H3,(H,17,18)/t11-,12?,14?/m1/s1. The third kappa shape index (κ3) is 6.31. The molecule has 0 spiro atoms. The Hall–Kier alpha value is -1.15. The minimum absolute atomic E-state index is 0.00468. The lowest BCUT2D eigenvalue weighted by Crippen LogP contribution is -2.42. The second-order valence-corrected chi connectivity index (χ2v) is 5.90. The Morgan fingerprint density at radius 2 is 2.23 bits per heavy atom. The first-order valence-corrected chi connectivity index (χ1v) is 7.85. The highest BCUT2D eigenvalue weighted by atomic mass is 16.6. The molecule has 0 aromatic heterocycles. The molecule has 0 fully saturated rings. The van der Waals surface area contributed by atoms with Gasteiger partial charge in [-0.2, -0.15) is 0 Å². The predicted molar refractivity (Wildman–Crippen MR) is 89.2 cm³/mol. The van der Waals surface area contributed by atoms with E-state index in [0.717, 1.165) is 25.4 Å². The number of nitrogens with one attached hydrogen (secondary N) is 2. The molecule has 0 aliphatic carbocycles. The molecule has 0 bridgehead atoms. The van der Waals surface area contributed by atoms with E-state index in [4.69, 9.17) is 15.5 Å². The van der Waals surface area contributed by atoms with Gasteiger partial charge in [0, 0.05) is 19.2 Å². The van der Waals surface area contributed by atoms with E-state index in [-0.39, 0.29) is 18.2 Å². The van der Waals surface area contributed by atoms with E-state index in [1.807, 2.05) is 20.9 Å². The zero-order valence-corrected chi connectivity index (χ0v) is 14.4. The van der Waals surface area contributed by atoms with Gasteiger partial charge in [-0.3, -0.25) is 4.90 Å². The molecule has 7 heteroatoms. The van der Waals surface area contributed by atoms with Crippen molar-refractivity contribution in [3.05, 3.63) is 11.4 Å². The molecule has 0 saturated heterocycles. The van der Waals surface area contributed by atoms with Gasteiger partial charge in [0.05, 0.1) is 25.2 Å². The Morgan fingerprint density at radius 1 is 1.50 bits per heavy atom. The first kappa shape index (κ1) is 18.9.